The molecule has 3 nitrogen and oxygen atoms in total. The van der Waals surface area contributed by atoms with Crippen molar-refractivity contribution in [2.45, 2.75) is 6.42 Å². The number of benzene rings is 2. The standard InChI is InChI=1S/C16H15BrN2OS/c1-20-9-8-11-4-2-3-5-13(11)18-16-19-14-7-6-12(17)10-15(14)21-16/h2-7,10H,8-9H2,1H3,(H,18,19). The third-order valence-corrected chi connectivity index (χ3v) is 4.61. The van der Waals surface area contributed by atoms with Crippen LogP contribution in [0, 0.1) is 0 Å². The number of rotatable bonds is 5. The molecule has 0 radical (unpaired) electrons. The van der Waals surface area contributed by atoms with E-state index in [9.17, 15) is 0 Å². The average molecular weight is 363 g/mol. The van der Waals surface area contributed by atoms with E-state index in [1.807, 2.05) is 24.3 Å². The van der Waals surface area contributed by atoms with Gasteiger partial charge in [0.2, 0.25) is 0 Å². The van der Waals surface area contributed by atoms with Gasteiger partial charge in [0.1, 0.15) is 0 Å². The number of methoxy groups -OCH3 is 1. The summed E-state index contributed by atoms with van der Waals surface area (Å²) in [5.74, 6) is 0. The molecule has 108 valence electrons. The zero-order valence-corrected chi connectivity index (χ0v) is 14.0. The van der Waals surface area contributed by atoms with E-state index in [1.54, 1.807) is 18.4 Å². The van der Waals surface area contributed by atoms with Crippen molar-refractivity contribution in [1.29, 1.82) is 0 Å². The van der Waals surface area contributed by atoms with Crippen molar-refractivity contribution in [1.82, 2.24) is 4.98 Å². The molecule has 2 aromatic carbocycles. The molecular weight excluding hydrogens is 348 g/mol. The van der Waals surface area contributed by atoms with E-state index in [-0.39, 0.29) is 0 Å². The summed E-state index contributed by atoms with van der Waals surface area (Å²) in [7, 11) is 1.72. The van der Waals surface area contributed by atoms with Crippen molar-refractivity contribution in [3.63, 3.8) is 0 Å². The molecule has 0 saturated heterocycles. The fourth-order valence-electron chi connectivity index (χ4n) is 2.14. The lowest BCUT2D eigenvalue weighted by Crippen LogP contribution is -1.99. The van der Waals surface area contributed by atoms with Gasteiger partial charge in [0, 0.05) is 17.3 Å². The number of nitrogens with zero attached hydrogens (tertiary/aromatic N) is 1. The van der Waals surface area contributed by atoms with Gasteiger partial charge in [-0.3, -0.25) is 0 Å². The second kappa shape index (κ2) is 6.56. The van der Waals surface area contributed by atoms with Crippen LogP contribution in [0.25, 0.3) is 10.2 Å². The topological polar surface area (TPSA) is 34.1 Å². The van der Waals surface area contributed by atoms with Crippen molar-refractivity contribution < 1.29 is 4.74 Å². The smallest absolute Gasteiger partial charge is 0.188 e. The molecule has 0 aliphatic rings. The minimum Gasteiger partial charge on any atom is -0.384 e. The molecule has 0 bridgehead atoms. The molecule has 0 aliphatic heterocycles. The number of ether oxygens (including phenoxy) is 1. The summed E-state index contributed by atoms with van der Waals surface area (Å²) >= 11 is 5.15. The number of anilines is 2. The van der Waals surface area contributed by atoms with Crippen LogP contribution in [0.15, 0.2) is 46.9 Å². The Morgan fingerprint density at radius 1 is 1.24 bits per heavy atom. The lowest BCUT2D eigenvalue weighted by atomic mass is 10.1. The van der Waals surface area contributed by atoms with Crippen LogP contribution in [0.1, 0.15) is 5.56 Å². The molecule has 1 N–H and O–H groups in total. The number of hydrogen-bond acceptors (Lipinski definition) is 4. The minimum absolute atomic E-state index is 0.714. The molecule has 0 aliphatic carbocycles. The van der Waals surface area contributed by atoms with Crippen LogP contribution in [0.3, 0.4) is 0 Å². The first kappa shape index (κ1) is 14.5. The van der Waals surface area contributed by atoms with Crippen molar-refractivity contribution in [2.75, 3.05) is 19.0 Å². The minimum atomic E-state index is 0.714. The van der Waals surface area contributed by atoms with Gasteiger partial charge in [0.25, 0.3) is 0 Å². The second-order valence-corrected chi connectivity index (χ2v) is 6.60. The third kappa shape index (κ3) is 3.43. The maximum Gasteiger partial charge on any atom is 0.188 e. The molecule has 1 aromatic heterocycles. The fourth-order valence-corrected chi connectivity index (χ4v) is 3.57. The first-order valence-corrected chi connectivity index (χ1v) is 8.27. The summed E-state index contributed by atoms with van der Waals surface area (Å²) in [6, 6.07) is 14.4. The summed E-state index contributed by atoms with van der Waals surface area (Å²) in [5, 5.41) is 4.34. The maximum atomic E-state index is 5.17. The van der Waals surface area contributed by atoms with Gasteiger partial charge < -0.3 is 10.1 Å². The molecule has 0 amide bonds. The van der Waals surface area contributed by atoms with Crippen molar-refractivity contribution >= 4 is 48.3 Å². The van der Waals surface area contributed by atoms with Crippen LogP contribution in [-0.2, 0) is 11.2 Å². The Labute approximate surface area is 136 Å². The molecule has 0 spiro atoms. The highest BCUT2D eigenvalue weighted by Crippen LogP contribution is 2.31. The molecule has 0 atom stereocenters. The van der Waals surface area contributed by atoms with E-state index >= 15 is 0 Å². The normalized spacial score (nSPS) is 11.0. The molecular formula is C16H15BrN2OS. The Morgan fingerprint density at radius 3 is 2.95 bits per heavy atom. The van der Waals surface area contributed by atoms with Crippen LogP contribution in [-0.4, -0.2) is 18.7 Å². The van der Waals surface area contributed by atoms with E-state index < -0.39 is 0 Å². The molecule has 3 rings (SSSR count). The van der Waals surface area contributed by atoms with Gasteiger partial charge >= 0.3 is 0 Å². The monoisotopic (exact) mass is 362 g/mol. The first-order valence-electron chi connectivity index (χ1n) is 6.66. The van der Waals surface area contributed by atoms with E-state index in [0.29, 0.717) is 6.61 Å². The highest BCUT2D eigenvalue weighted by Gasteiger charge is 2.07. The van der Waals surface area contributed by atoms with E-state index in [4.69, 9.17) is 4.74 Å². The predicted octanol–water partition coefficient (Wildman–Crippen LogP) is 4.99. The van der Waals surface area contributed by atoms with Crippen molar-refractivity contribution in [3.8, 4) is 0 Å². The van der Waals surface area contributed by atoms with Gasteiger partial charge in [-0.1, -0.05) is 45.5 Å². The van der Waals surface area contributed by atoms with Crippen molar-refractivity contribution in [2.24, 2.45) is 0 Å². The first-order chi connectivity index (χ1) is 10.3. The van der Waals surface area contributed by atoms with Crippen LogP contribution in [0.5, 0.6) is 0 Å². The number of aromatic nitrogens is 1. The fraction of sp³-hybridized carbons (Fsp3) is 0.188. The Morgan fingerprint density at radius 2 is 2.10 bits per heavy atom. The van der Waals surface area contributed by atoms with E-state index in [0.717, 1.165) is 27.2 Å². The second-order valence-electron chi connectivity index (χ2n) is 4.66. The third-order valence-electron chi connectivity index (χ3n) is 3.18. The van der Waals surface area contributed by atoms with E-state index in [2.05, 4.69) is 44.4 Å². The zero-order valence-electron chi connectivity index (χ0n) is 11.6. The van der Waals surface area contributed by atoms with Crippen LogP contribution in [0.2, 0.25) is 0 Å². The number of nitrogens with one attached hydrogen (secondary N) is 1. The summed E-state index contributed by atoms with van der Waals surface area (Å²) in [4.78, 5) is 4.63. The lowest BCUT2D eigenvalue weighted by Gasteiger charge is -2.09. The highest BCUT2D eigenvalue weighted by atomic mass is 79.9. The van der Waals surface area contributed by atoms with Gasteiger partial charge in [-0.2, -0.15) is 0 Å². The van der Waals surface area contributed by atoms with Gasteiger partial charge in [-0.25, -0.2) is 4.98 Å². The summed E-state index contributed by atoms with van der Waals surface area (Å²) in [5.41, 5.74) is 3.34. The van der Waals surface area contributed by atoms with Gasteiger partial charge in [-0.05, 0) is 36.2 Å². The molecule has 3 aromatic rings. The zero-order chi connectivity index (χ0) is 14.7. The van der Waals surface area contributed by atoms with Crippen LogP contribution in [0.4, 0.5) is 10.8 Å². The number of thiazole rings is 1. The van der Waals surface area contributed by atoms with Crippen LogP contribution >= 0.6 is 27.3 Å². The molecule has 0 fully saturated rings. The van der Waals surface area contributed by atoms with Gasteiger partial charge in [0.05, 0.1) is 16.8 Å². The quantitative estimate of drug-likeness (QED) is 0.693. The number of fused-ring (bicyclic) bond motifs is 1. The Balaban J connectivity index is 1.87. The number of hydrogen-bond donors (Lipinski definition) is 1. The largest absolute Gasteiger partial charge is 0.384 e. The van der Waals surface area contributed by atoms with E-state index in [1.165, 1.54) is 10.3 Å². The molecule has 0 saturated carbocycles. The SMILES string of the molecule is COCCc1ccccc1Nc1nc2ccc(Br)cc2s1. The highest BCUT2D eigenvalue weighted by molar-refractivity contribution is 9.10. The summed E-state index contributed by atoms with van der Waals surface area (Å²) in [6.45, 7) is 0.714. The average Bonchev–Trinajstić information content (AvgIpc) is 2.87. The Hall–Kier alpha value is -1.43. The molecule has 5 heteroatoms. The summed E-state index contributed by atoms with van der Waals surface area (Å²) in [6.07, 6.45) is 0.885. The number of para-hydroxylation sites is 1. The number of halogens is 1. The summed E-state index contributed by atoms with van der Waals surface area (Å²) < 4.78 is 7.41. The molecule has 1 heterocycles. The molecule has 21 heavy (non-hydrogen) atoms. The van der Waals surface area contributed by atoms with Crippen molar-refractivity contribution in [3.05, 3.63) is 52.5 Å². The van der Waals surface area contributed by atoms with Gasteiger partial charge in [-0.15, -0.1) is 0 Å². The Kier molecular flexibility index (Phi) is 4.53. The lowest BCUT2D eigenvalue weighted by molar-refractivity contribution is 0.202. The van der Waals surface area contributed by atoms with Crippen LogP contribution < -0.4 is 5.32 Å². The maximum absolute atomic E-state index is 5.17. The van der Waals surface area contributed by atoms with Gasteiger partial charge in [0.15, 0.2) is 5.13 Å². The Bertz CT molecular complexity index is 757. The predicted molar refractivity (Wildman–Crippen MR) is 92.6 cm³/mol. The molecule has 0 unspecified atom stereocenters.